The fraction of sp³-hybridized carbons (Fsp3) is 0.588. The second-order valence-electron chi connectivity index (χ2n) is 5.71. The molecule has 0 saturated carbocycles. The van der Waals surface area contributed by atoms with E-state index >= 15 is 0 Å². The highest BCUT2D eigenvalue weighted by molar-refractivity contribution is 5.97. The average molecular weight is 259 g/mol. The lowest BCUT2D eigenvalue weighted by molar-refractivity contribution is 0.0945. The van der Waals surface area contributed by atoms with Gasteiger partial charge in [-0.3, -0.25) is 9.69 Å². The number of likely N-dealkylation sites (N-methyl/N-ethyl adjacent to an activating group) is 1. The largest absolute Gasteiger partial charge is 0.299 e. The molecular weight excluding hydrogens is 234 g/mol. The molecule has 2 rings (SSSR count). The van der Waals surface area contributed by atoms with Gasteiger partial charge in [0.05, 0.1) is 6.54 Å². The summed E-state index contributed by atoms with van der Waals surface area (Å²) in [6.07, 6.45) is 7.22. The Hall–Kier alpha value is -1.15. The normalized spacial score (nSPS) is 13.8. The van der Waals surface area contributed by atoms with Crippen molar-refractivity contribution in [3.63, 3.8) is 0 Å². The molecule has 0 heterocycles. The van der Waals surface area contributed by atoms with Crippen LogP contribution in [0.3, 0.4) is 0 Å². The van der Waals surface area contributed by atoms with E-state index in [4.69, 9.17) is 0 Å². The smallest absolute Gasteiger partial charge is 0.176 e. The lowest BCUT2D eigenvalue weighted by atomic mass is 10.0. The molecule has 1 aliphatic carbocycles. The summed E-state index contributed by atoms with van der Waals surface area (Å²) in [5.41, 5.74) is 3.72. The van der Waals surface area contributed by atoms with E-state index in [1.165, 1.54) is 43.2 Å². The van der Waals surface area contributed by atoms with Crippen molar-refractivity contribution in [2.24, 2.45) is 0 Å². The van der Waals surface area contributed by atoms with Gasteiger partial charge in [0, 0.05) is 5.56 Å². The van der Waals surface area contributed by atoms with Gasteiger partial charge in [-0.15, -0.1) is 0 Å². The van der Waals surface area contributed by atoms with Crippen molar-refractivity contribution < 1.29 is 4.79 Å². The number of unbranched alkanes of at least 4 members (excludes halogenated alkanes) is 2. The van der Waals surface area contributed by atoms with Gasteiger partial charge in [-0.05, 0) is 56.5 Å². The number of carbonyl (C=O) groups is 1. The zero-order valence-electron chi connectivity index (χ0n) is 12.2. The second-order valence-corrected chi connectivity index (χ2v) is 5.71. The molecule has 2 nitrogen and oxygen atoms in total. The van der Waals surface area contributed by atoms with Crippen LogP contribution >= 0.6 is 0 Å². The number of Topliss-reactive ketones (excluding diaryl/α,β-unsaturated/α-hetero) is 1. The molecule has 0 radical (unpaired) electrons. The summed E-state index contributed by atoms with van der Waals surface area (Å²) in [5, 5.41) is 0. The van der Waals surface area contributed by atoms with Crippen LogP contribution in [0.2, 0.25) is 0 Å². The number of carbonyl (C=O) groups excluding carboxylic acids is 1. The molecule has 0 amide bonds. The first kappa shape index (κ1) is 14.3. The van der Waals surface area contributed by atoms with Crippen molar-refractivity contribution >= 4 is 5.78 Å². The second kappa shape index (κ2) is 6.85. The summed E-state index contributed by atoms with van der Waals surface area (Å²) in [4.78, 5) is 14.4. The third-order valence-corrected chi connectivity index (χ3v) is 3.98. The van der Waals surface area contributed by atoms with Gasteiger partial charge >= 0.3 is 0 Å². The first-order valence-electron chi connectivity index (χ1n) is 7.54. The van der Waals surface area contributed by atoms with Crippen LogP contribution in [-0.4, -0.2) is 30.8 Å². The summed E-state index contributed by atoms with van der Waals surface area (Å²) in [5.74, 6) is 0.258. The minimum Gasteiger partial charge on any atom is -0.299 e. The lowest BCUT2D eigenvalue weighted by Gasteiger charge is -2.15. The monoisotopic (exact) mass is 259 g/mol. The Morgan fingerprint density at radius 2 is 2.00 bits per heavy atom. The van der Waals surface area contributed by atoms with Gasteiger partial charge < -0.3 is 0 Å². The minimum atomic E-state index is 0.258. The van der Waals surface area contributed by atoms with Crippen molar-refractivity contribution in [3.05, 3.63) is 34.9 Å². The maximum Gasteiger partial charge on any atom is 0.176 e. The maximum atomic E-state index is 12.2. The molecule has 0 atom stereocenters. The van der Waals surface area contributed by atoms with Crippen LogP contribution in [0.5, 0.6) is 0 Å². The fourth-order valence-corrected chi connectivity index (χ4v) is 2.79. The molecule has 0 aliphatic heterocycles. The Bertz CT molecular complexity index is 439. The van der Waals surface area contributed by atoms with E-state index in [1.54, 1.807) is 0 Å². The molecule has 0 bridgehead atoms. The summed E-state index contributed by atoms with van der Waals surface area (Å²) in [7, 11) is 2.04. The lowest BCUT2D eigenvalue weighted by Crippen LogP contribution is -2.27. The number of hydrogen-bond donors (Lipinski definition) is 0. The quantitative estimate of drug-likeness (QED) is 0.552. The molecule has 0 fully saturated rings. The van der Waals surface area contributed by atoms with E-state index in [-0.39, 0.29) is 5.78 Å². The number of nitrogens with zero attached hydrogens (tertiary/aromatic N) is 1. The number of aryl methyl sites for hydroxylation is 2. The molecule has 104 valence electrons. The molecule has 0 N–H and O–H groups in total. The first-order chi connectivity index (χ1) is 9.20. The van der Waals surface area contributed by atoms with E-state index in [0.717, 1.165) is 18.5 Å². The van der Waals surface area contributed by atoms with Crippen LogP contribution in [0, 0.1) is 0 Å². The van der Waals surface area contributed by atoms with E-state index in [2.05, 4.69) is 24.0 Å². The van der Waals surface area contributed by atoms with Gasteiger partial charge in [0.1, 0.15) is 0 Å². The molecule has 2 heteroatoms. The number of rotatable bonds is 7. The SMILES string of the molecule is CCCCCN(C)CC(=O)c1ccc2c(c1)CCC2. The predicted molar refractivity (Wildman–Crippen MR) is 79.8 cm³/mol. The molecule has 19 heavy (non-hydrogen) atoms. The third-order valence-electron chi connectivity index (χ3n) is 3.98. The zero-order valence-corrected chi connectivity index (χ0v) is 12.2. The van der Waals surface area contributed by atoms with Crippen LogP contribution in [-0.2, 0) is 12.8 Å². The van der Waals surface area contributed by atoms with Gasteiger partial charge in [0.15, 0.2) is 5.78 Å². The van der Waals surface area contributed by atoms with Crippen molar-refractivity contribution in [2.45, 2.75) is 45.4 Å². The van der Waals surface area contributed by atoms with E-state index < -0.39 is 0 Å². The van der Waals surface area contributed by atoms with Crippen LogP contribution < -0.4 is 0 Å². The summed E-state index contributed by atoms with van der Waals surface area (Å²) >= 11 is 0. The van der Waals surface area contributed by atoms with Gasteiger partial charge in [-0.2, -0.15) is 0 Å². The molecule has 0 spiro atoms. The fourth-order valence-electron chi connectivity index (χ4n) is 2.79. The van der Waals surface area contributed by atoms with Gasteiger partial charge in [-0.1, -0.05) is 31.9 Å². The van der Waals surface area contributed by atoms with Crippen LogP contribution in [0.15, 0.2) is 18.2 Å². The molecule has 0 unspecified atom stereocenters. The number of hydrogen-bond acceptors (Lipinski definition) is 2. The molecule has 1 aromatic carbocycles. The van der Waals surface area contributed by atoms with Crippen LogP contribution in [0.1, 0.15) is 54.1 Å². The van der Waals surface area contributed by atoms with Crippen molar-refractivity contribution in [1.82, 2.24) is 4.90 Å². The summed E-state index contributed by atoms with van der Waals surface area (Å²) in [6, 6.07) is 6.27. The highest BCUT2D eigenvalue weighted by atomic mass is 16.1. The predicted octanol–water partition coefficient (Wildman–Crippen LogP) is 3.48. The Balaban J connectivity index is 1.89. The standard InChI is InChI=1S/C17H25NO/c1-3-4-5-11-18(2)13-17(19)16-10-9-14-7-6-8-15(14)12-16/h9-10,12H,3-8,11,13H2,1-2H3. The first-order valence-corrected chi connectivity index (χ1v) is 7.54. The summed E-state index contributed by atoms with van der Waals surface area (Å²) < 4.78 is 0. The number of fused-ring (bicyclic) bond motifs is 1. The Morgan fingerprint density at radius 3 is 2.79 bits per heavy atom. The van der Waals surface area contributed by atoms with Crippen LogP contribution in [0.4, 0.5) is 0 Å². The Morgan fingerprint density at radius 1 is 1.21 bits per heavy atom. The average Bonchev–Trinajstić information content (AvgIpc) is 2.86. The highest BCUT2D eigenvalue weighted by Gasteiger charge is 2.14. The molecular formula is C17H25NO. The number of benzene rings is 1. The molecule has 1 aromatic rings. The Kier molecular flexibility index (Phi) is 5.15. The topological polar surface area (TPSA) is 20.3 Å². The number of ketones is 1. The van der Waals surface area contributed by atoms with Crippen molar-refractivity contribution in [1.29, 1.82) is 0 Å². The van der Waals surface area contributed by atoms with Gasteiger partial charge in [-0.25, -0.2) is 0 Å². The van der Waals surface area contributed by atoms with Gasteiger partial charge in [0.25, 0.3) is 0 Å². The summed E-state index contributed by atoms with van der Waals surface area (Å²) in [6.45, 7) is 3.77. The maximum absolute atomic E-state index is 12.2. The Labute approximate surface area is 116 Å². The molecule has 0 aromatic heterocycles. The van der Waals surface area contributed by atoms with E-state index in [0.29, 0.717) is 6.54 Å². The van der Waals surface area contributed by atoms with Crippen molar-refractivity contribution in [2.75, 3.05) is 20.1 Å². The van der Waals surface area contributed by atoms with Crippen LogP contribution in [0.25, 0.3) is 0 Å². The van der Waals surface area contributed by atoms with E-state index in [1.807, 2.05) is 13.1 Å². The minimum absolute atomic E-state index is 0.258. The highest BCUT2D eigenvalue weighted by Crippen LogP contribution is 2.23. The van der Waals surface area contributed by atoms with Crippen molar-refractivity contribution in [3.8, 4) is 0 Å². The third kappa shape index (κ3) is 3.90. The van der Waals surface area contributed by atoms with E-state index in [9.17, 15) is 4.79 Å². The zero-order chi connectivity index (χ0) is 13.7. The van der Waals surface area contributed by atoms with Gasteiger partial charge in [0.2, 0.25) is 0 Å². The molecule has 1 aliphatic rings. The molecule has 0 saturated heterocycles.